The van der Waals surface area contributed by atoms with Crippen LogP contribution < -0.4 is 5.32 Å². The Labute approximate surface area is 109 Å². The minimum atomic E-state index is -3.07. The number of hydrogen-bond donors (Lipinski definition) is 1. The average molecular weight is 274 g/mol. The van der Waals surface area contributed by atoms with Crippen molar-refractivity contribution in [3.63, 3.8) is 0 Å². The van der Waals surface area contributed by atoms with Gasteiger partial charge in [-0.15, -0.1) is 0 Å². The topological polar surface area (TPSA) is 58.6 Å². The van der Waals surface area contributed by atoms with E-state index in [0.29, 0.717) is 6.61 Å². The summed E-state index contributed by atoms with van der Waals surface area (Å²) in [5.41, 5.74) is -0.0662. The third-order valence-corrected chi connectivity index (χ3v) is 6.98. The maximum Gasteiger partial charge on any atom is 0.217 e. The molecule has 6 heteroatoms. The van der Waals surface area contributed by atoms with Crippen molar-refractivity contribution in [1.82, 2.24) is 9.62 Å². The zero-order valence-electron chi connectivity index (χ0n) is 10.9. The molecule has 2 heterocycles. The number of nitrogens with one attached hydrogen (secondary N) is 1. The third-order valence-electron chi connectivity index (χ3n) is 4.57. The van der Waals surface area contributed by atoms with E-state index in [4.69, 9.17) is 4.74 Å². The first-order valence-electron chi connectivity index (χ1n) is 6.85. The summed E-state index contributed by atoms with van der Waals surface area (Å²) < 4.78 is 32.0. The first-order valence-corrected chi connectivity index (χ1v) is 8.35. The van der Waals surface area contributed by atoms with Crippen molar-refractivity contribution in [3.8, 4) is 0 Å². The van der Waals surface area contributed by atoms with Gasteiger partial charge in [-0.3, -0.25) is 0 Å². The lowest BCUT2D eigenvalue weighted by Gasteiger charge is -2.33. The molecule has 18 heavy (non-hydrogen) atoms. The summed E-state index contributed by atoms with van der Waals surface area (Å²) in [5, 5.41) is 3.21. The quantitative estimate of drug-likeness (QED) is 0.805. The van der Waals surface area contributed by atoms with Crippen molar-refractivity contribution in [3.05, 3.63) is 0 Å². The second kappa shape index (κ2) is 4.44. The lowest BCUT2D eigenvalue weighted by Crippen LogP contribution is -2.43. The third kappa shape index (κ3) is 2.19. The zero-order chi connectivity index (χ0) is 12.8. The molecule has 0 aromatic rings. The number of ether oxygens (including phenoxy) is 1. The van der Waals surface area contributed by atoms with Crippen LogP contribution in [0.4, 0.5) is 0 Å². The van der Waals surface area contributed by atoms with Crippen LogP contribution in [0.1, 0.15) is 32.1 Å². The van der Waals surface area contributed by atoms with Gasteiger partial charge in [0.15, 0.2) is 0 Å². The van der Waals surface area contributed by atoms with Crippen molar-refractivity contribution >= 4 is 10.0 Å². The number of nitrogens with zero attached hydrogens (tertiary/aromatic N) is 1. The smallest absolute Gasteiger partial charge is 0.217 e. The largest absolute Gasteiger partial charge is 0.373 e. The molecule has 0 unspecified atom stereocenters. The molecule has 3 rings (SSSR count). The van der Waals surface area contributed by atoms with Crippen LogP contribution in [-0.2, 0) is 14.8 Å². The van der Waals surface area contributed by atoms with Crippen LogP contribution in [0.25, 0.3) is 0 Å². The molecular formula is C12H22N2O3S. The van der Waals surface area contributed by atoms with Gasteiger partial charge in [0.2, 0.25) is 10.0 Å². The molecule has 1 spiro atoms. The van der Waals surface area contributed by atoms with Gasteiger partial charge in [-0.25, -0.2) is 8.42 Å². The highest BCUT2D eigenvalue weighted by molar-refractivity contribution is 7.90. The Balaban J connectivity index is 1.68. The number of piperidine rings is 1. The maximum atomic E-state index is 12.2. The highest BCUT2D eigenvalue weighted by Gasteiger charge is 2.47. The van der Waals surface area contributed by atoms with E-state index in [-0.39, 0.29) is 16.9 Å². The summed E-state index contributed by atoms with van der Waals surface area (Å²) >= 11 is 0. The lowest BCUT2D eigenvalue weighted by atomic mass is 9.88. The fraction of sp³-hybridized carbons (Fsp3) is 1.00. The molecule has 0 aromatic carbocycles. The first kappa shape index (κ1) is 12.8. The van der Waals surface area contributed by atoms with Gasteiger partial charge in [-0.1, -0.05) is 0 Å². The molecule has 5 nitrogen and oxygen atoms in total. The number of rotatable bonds is 3. The summed E-state index contributed by atoms with van der Waals surface area (Å²) in [5.74, 6) is 0. The standard InChI is InChI=1S/C12H22N2O3S/c1-14(18(15,16)11-2-3-11)10-8-12(17-9-10)4-6-13-7-5-12/h10-11,13H,2-9H2,1H3/t10-/m1/s1. The van der Waals surface area contributed by atoms with E-state index in [1.807, 2.05) is 0 Å². The monoisotopic (exact) mass is 274 g/mol. The van der Waals surface area contributed by atoms with Gasteiger partial charge in [0.1, 0.15) is 0 Å². The highest BCUT2D eigenvalue weighted by atomic mass is 32.2. The van der Waals surface area contributed by atoms with Gasteiger partial charge in [0, 0.05) is 7.05 Å². The van der Waals surface area contributed by atoms with Gasteiger partial charge in [0.25, 0.3) is 0 Å². The molecule has 0 bridgehead atoms. The van der Waals surface area contributed by atoms with Crippen molar-refractivity contribution < 1.29 is 13.2 Å². The van der Waals surface area contributed by atoms with Crippen LogP contribution in [-0.4, -0.2) is 56.4 Å². The van der Waals surface area contributed by atoms with Crippen molar-refractivity contribution in [1.29, 1.82) is 0 Å². The van der Waals surface area contributed by atoms with Crippen LogP contribution in [0.2, 0.25) is 0 Å². The summed E-state index contributed by atoms with van der Waals surface area (Å²) in [4.78, 5) is 0. The molecule has 0 aromatic heterocycles. The van der Waals surface area contributed by atoms with Crippen LogP contribution in [0, 0.1) is 0 Å². The van der Waals surface area contributed by atoms with Gasteiger partial charge < -0.3 is 10.1 Å². The molecule has 0 amide bonds. The Hall–Kier alpha value is -0.170. The van der Waals surface area contributed by atoms with Crippen LogP contribution in [0.3, 0.4) is 0 Å². The van der Waals surface area contributed by atoms with E-state index in [0.717, 1.165) is 45.2 Å². The lowest BCUT2D eigenvalue weighted by molar-refractivity contribution is -0.0197. The molecular weight excluding hydrogens is 252 g/mol. The number of likely N-dealkylation sites (N-methyl/N-ethyl adjacent to an activating group) is 1. The van der Waals surface area contributed by atoms with Crippen LogP contribution >= 0.6 is 0 Å². The van der Waals surface area contributed by atoms with Crippen LogP contribution in [0.5, 0.6) is 0 Å². The Morgan fingerprint density at radius 1 is 1.28 bits per heavy atom. The minimum Gasteiger partial charge on any atom is -0.373 e. The Kier molecular flexibility index (Phi) is 3.17. The molecule has 3 aliphatic rings. The Bertz CT molecular complexity index is 413. The maximum absolute atomic E-state index is 12.2. The van der Waals surface area contributed by atoms with Crippen molar-refractivity contribution in [2.75, 3.05) is 26.7 Å². The van der Waals surface area contributed by atoms with Gasteiger partial charge in [0.05, 0.1) is 23.5 Å². The first-order chi connectivity index (χ1) is 8.54. The molecule has 1 aliphatic carbocycles. The van der Waals surface area contributed by atoms with E-state index in [1.165, 1.54) is 0 Å². The van der Waals surface area contributed by atoms with Gasteiger partial charge >= 0.3 is 0 Å². The molecule has 3 fully saturated rings. The summed E-state index contributed by atoms with van der Waals surface area (Å²) in [6.07, 6.45) is 4.52. The predicted octanol–water partition coefficient (Wildman–Crippen LogP) is 0.321. The molecule has 1 atom stereocenters. The molecule has 1 N–H and O–H groups in total. The van der Waals surface area contributed by atoms with Gasteiger partial charge in [-0.05, 0) is 45.2 Å². The fourth-order valence-electron chi connectivity index (χ4n) is 3.09. The fourth-order valence-corrected chi connectivity index (χ4v) is 4.85. The van der Waals surface area contributed by atoms with Crippen LogP contribution in [0.15, 0.2) is 0 Å². The minimum absolute atomic E-state index is 0.0358. The number of hydrogen-bond acceptors (Lipinski definition) is 4. The molecule has 2 aliphatic heterocycles. The Morgan fingerprint density at radius 3 is 2.56 bits per heavy atom. The highest BCUT2D eigenvalue weighted by Crippen LogP contribution is 2.38. The second-order valence-electron chi connectivity index (χ2n) is 5.86. The number of sulfonamides is 1. The summed E-state index contributed by atoms with van der Waals surface area (Å²) in [7, 11) is -1.34. The van der Waals surface area contributed by atoms with E-state index in [1.54, 1.807) is 11.4 Å². The van der Waals surface area contributed by atoms with E-state index >= 15 is 0 Å². The zero-order valence-corrected chi connectivity index (χ0v) is 11.7. The van der Waals surface area contributed by atoms with Gasteiger partial charge in [-0.2, -0.15) is 4.31 Å². The molecule has 0 radical (unpaired) electrons. The van der Waals surface area contributed by atoms with Crippen molar-refractivity contribution in [2.24, 2.45) is 0 Å². The molecule has 104 valence electrons. The SMILES string of the molecule is CN([C@H]1COC2(CCNCC2)C1)S(=O)(=O)C1CC1. The molecule has 1 saturated carbocycles. The molecule has 2 saturated heterocycles. The van der Waals surface area contributed by atoms with E-state index in [2.05, 4.69) is 5.32 Å². The van der Waals surface area contributed by atoms with E-state index < -0.39 is 10.0 Å². The average Bonchev–Trinajstić information content (AvgIpc) is 3.15. The van der Waals surface area contributed by atoms with E-state index in [9.17, 15) is 8.42 Å². The predicted molar refractivity (Wildman–Crippen MR) is 68.9 cm³/mol. The second-order valence-corrected chi connectivity index (χ2v) is 8.14. The normalized spacial score (nSPS) is 32.2. The Morgan fingerprint density at radius 2 is 1.94 bits per heavy atom. The summed E-state index contributed by atoms with van der Waals surface area (Å²) in [6, 6.07) is 0.0358. The van der Waals surface area contributed by atoms with Crippen molar-refractivity contribution in [2.45, 2.75) is 49.0 Å². The summed E-state index contributed by atoms with van der Waals surface area (Å²) in [6.45, 7) is 2.51.